The van der Waals surface area contributed by atoms with Crippen LogP contribution in [0.1, 0.15) is 16.8 Å². The molecule has 0 unspecified atom stereocenters. The maximum Gasteiger partial charge on any atom is 0.200 e. The Kier molecular flexibility index (Phi) is 4.94. The molecule has 1 heterocycles. The molecule has 0 aromatic heterocycles. The summed E-state index contributed by atoms with van der Waals surface area (Å²) >= 11 is 11.8. The van der Waals surface area contributed by atoms with Gasteiger partial charge in [0.05, 0.1) is 23.3 Å². The van der Waals surface area contributed by atoms with Crippen molar-refractivity contribution in [3.63, 3.8) is 0 Å². The predicted molar refractivity (Wildman–Crippen MR) is 88.3 cm³/mol. The summed E-state index contributed by atoms with van der Waals surface area (Å²) in [5.74, 6) is 1.57. The number of Topliss-reactive ketones (excluding diaryl/α,β-unsaturated/α-hetero) is 1. The topological polar surface area (TPSA) is 44.8 Å². The zero-order valence-electron chi connectivity index (χ0n) is 12.2. The van der Waals surface area contributed by atoms with Crippen LogP contribution in [0.5, 0.6) is 17.2 Å². The zero-order valence-corrected chi connectivity index (χ0v) is 13.7. The van der Waals surface area contributed by atoms with Crippen LogP contribution in [-0.4, -0.2) is 25.6 Å². The highest BCUT2D eigenvalue weighted by atomic mass is 35.5. The lowest BCUT2D eigenvalue weighted by molar-refractivity contribution is 0.0921. The number of hydrogen-bond donors (Lipinski definition) is 0. The molecule has 0 aliphatic carbocycles. The van der Waals surface area contributed by atoms with Crippen LogP contribution in [0.25, 0.3) is 0 Å². The van der Waals surface area contributed by atoms with Crippen molar-refractivity contribution >= 4 is 29.0 Å². The number of carbonyl (C=O) groups is 1. The van der Waals surface area contributed by atoms with Crippen LogP contribution >= 0.6 is 23.2 Å². The molecule has 120 valence electrons. The average Bonchev–Trinajstić information content (AvgIpc) is 2.80. The maximum absolute atomic E-state index is 12.3. The van der Waals surface area contributed by atoms with Gasteiger partial charge in [0.1, 0.15) is 5.75 Å². The SMILES string of the molecule is O=C(COc1ccc(Cl)c(Cl)c1)c1ccc2c(c1)OCCCO2. The smallest absolute Gasteiger partial charge is 0.200 e. The predicted octanol–water partition coefficient (Wildman–Crippen LogP) is 4.42. The molecule has 1 aliphatic rings. The molecular formula is C17H14Cl2O4. The lowest BCUT2D eigenvalue weighted by Crippen LogP contribution is -2.11. The molecular weight excluding hydrogens is 339 g/mol. The third-order valence-electron chi connectivity index (χ3n) is 3.33. The highest BCUT2D eigenvalue weighted by molar-refractivity contribution is 6.42. The van der Waals surface area contributed by atoms with Crippen LogP contribution in [0.2, 0.25) is 10.0 Å². The van der Waals surface area contributed by atoms with Crippen LogP contribution in [0.4, 0.5) is 0 Å². The maximum atomic E-state index is 12.3. The Labute approximate surface area is 143 Å². The van der Waals surface area contributed by atoms with Gasteiger partial charge >= 0.3 is 0 Å². The second-order valence-electron chi connectivity index (χ2n) is 5.00. The second-order valence-corrected chi connectivity index (χ2v) is 5.81. The van der Waals surface area contributed by atoms with Gasteiger partial charge in [-0.2, -0.15) is 0 Å². The Hall–Kier alpha value is -1.91. The molecule has 4 nitrogen and oxygen atoms in total. The van der Waals surface area contributed by atoms with Crippen molar-refractivity contribution in [3.8, 4) is 17.2 Å². The molecule has 0 saturated heterocycles. The first-order chi connectivity index (χ1) is 11.1. The van der Waals surface area contributed by atoms with Crippen LogP contribution in [0, 0.1) is 0 Å². The molecule has 0 atom stereocenters. The number of ketones is 1. The minimum Gasteiger partial charge on any atom is -0.490 e. The third kappa shape index (κ3) is 3.89. The number of rotatable bonds is 4. The molecule has 0 saturated carbocycles. The van der Waals surface area contributed by atoms with Crippen molar-refractivity contribution in [3.05, 3.63) is 52.0 Å². The monoisotopic (exact) mass is 352 g/mol. The number of ether oxygens (including phenoxy) is 3. The van der Waals surface area contributed by atoms with E-state index in [0.29, 0.717) is 46.1 Å². The number of carbonyl (C=O) groups excluding carboxylic acids is 1. The van der Waals surface area contributed by atoms with Crippen molar-refractivity contribution in [1.82, 2.24) is 0 Å². The first-order valence-electron chi connectivity index (χ1n) is 7.14. The second kappa shape index (κ2) is 7.11. The molecule has 6 heteroatoms. The summed E-state index contributed by atoms with van der Waals surface area (Å²) in [5, 5.41) is 0.820. The van der Waals surface area contributed by atoms with Crippen LogP contribution in [0.3, 0.4) is 0 Å². The van der Waals surface area contributed by atoms with Crippen LogP contribution in [-0.2, 0) is 0 Å². The van der Waals surface area contributed by atoms with Gasteiger partial charge in [-0.1, -0.05) is 23.2 Å². The molecule has 2 aromatic carbocycles. The van der Waals surface area contributed by atoms with E-state index in [2.05, 4.69) is 0 Å². The van der Waals surface area contributed by atoms with Crippen LogP contribution < -0.4 is 14.2 Å². The number of benzene rings is 2. The fourth-order valence-electron chi connectivity index (χ4n) is 2.14. The number of fused-ring (bicyclic) bond motifs is 1. The first-order valence-corrected chi connectivity index (χ1v) is 7.90. The highest BCUT2D eigenvalue weighted by Gasteiger charge is 2.14. The lowest BCUT2D eigenvalue weighted by Gasteiger charge is -2.10. The molecule has 0 spiro atoms. The summed E-state index contributed by atoms with van der Waals surface area (Å²) in [6.45, 7) is 1.09. The summed E-state index contributed by atoms with van der Waals surface area (Å²) in [6, 6.07) is 9.99. The molecule has 0 N–H and O–H groups in total. The first kappa shape index (κ1) is 16.0. The summed E-state index contributed by atoms with van der Waals surface area (Å²) in [6.07, 6.45) is 0.818. The molecule has 2 aromatic rings. The van der Waals surface area contributed by atoms with Crippen molar-refractivity contribution in [2.45, 2.75) is 6.42 Å². The Bertz CT molecular complexity index is 731. The fraction of sp³-hybridized carbons (Fsp3) is 0.235. The summed E-state index contributed by atoms with van der Waals surface area (Å²) in [7, 11) is 0. The Balaban J connectivity index is 1.68. The van der Waals surface area contributed by atoms with E-state index in [4.69, 9.17) is 37.4 Å². The van der Waals surface area contributed by atoms with E-state index in [9.17, 15) is 4.79 Å². The third-order valence-corrected chi connectivity index (χ3v) is 4.07. The van der Waals surface area contributed by atoms with Crippen molar-refractivity contribution in [1.29, 1.82) is 0 Å². The van der Waals surface area contributed by atoms with Crippen LogP contribution in [0.15, 0.2) is 36.4 Å². The molecule has 3 rings (SSSR count). The molecule has 1 aliphatic heterocycles. The normalized spacial score (nSPS) is 13.3. The van der Waals surface area contributed by atoms with Gasteiger partial charge in [-0.25, -0.2) is 0 Å². The number of hydrogen-bond acceptors (Lipinski definition) is 4. The fourth-order valence-corrected chi connectivity index (χ4v) is 2.42. The number of halogens is 2. The zero-order chi connectivity index (χ0) is 16.2. The van der Waals surface area contributed by atoms with Gasteiger partial charge in [0.2, 0.25) is 0 Å². The van der Waals surface area contributed by atoms with Gasteiger partial charge in [0.25, 0.3) is 0 Å². The van der Waals surface area contributed by atoms with E-state index in [1.807, 2.05) is 0 Å². The molecule has 0 amide bonds. The molecule has 0 bridgehead atoms. The summed E-state index contributed by atoms with van der Waals surface area (Å²) < 4.78 is 16.6. The van der Waals surface area contributed by atoms with Gasteiger partial charge in [0, 0.05) is 18.1 Å². The molecule has 23 heavy (non-hydrogen) atoms. The van der Waals surface area contributed by atoms with E-state index in [-0.39, 0.29) is 12.4 Å². The van der Waals surface area contributed by atoms with Gasteiger partial charge in [-0.05, 0) is 30.3 Å². The van der Waals surface area contributed by atoms with E-state index < -0.39 is 0 Å². The Morgan fingerprint density at radius 3 is 2.57 bits per heavy atom. The van der Waals surface area contributed by atoms with E-state index in [1.54, 1.807) is 36.4 Å². The Morgan fingerprint density at radius 1 is 1.00 bits per heavy atom. The highest BCUT2D eigenvalue weighted by Crippen LogP contribution is 2.31. The van der Waals surface area contributed by atoms with E-state index in [0.717, 1.165) is 6.42 Å². The largest absolute Gasteiger partial charge is 0.490 e. The summed E-state index contributed by atoms with van der Waals surface area (Å²) in [5.41, 5.74) is 0.509. The molecule has 0 radical (unpaired) electrons. The van der Waals surface area contributed by atoms with E-state index in [1.165, 1.54) is 0 Å². The quantitative estimate of drug-likeness (QED) is 0.764. The average molecular weight is 353 g/mol. The Morgan fingerprint density at radius 2 is 1.78 bits per heavy atom. The molecule has 0 fully saturated rings. The summed E-state index contributed by atoms with van der Waals surface area (Å²) in [4.78, 5) is 12.3. The van der Waals surface area contributed by atoms with Crippen molar-refractivity contribution in [2.24, 2.45) is 0 Å². The van der Waals surface area contributed by atoms with Gasteiger partial charge in [-0.3, -0.25) is 4.79 Å². The van der Waals surface area contributed by atoms with Gasteiger partial charge < -0.3 is 14.2 Å². The van der Waals surface area contributed by atoms with Crippen molar-refractivity contribution < 1.29 is 19.0 Å². The van der Waals surface area contributed by atoms with Gasteiger partial charge in [-0.15, -0.1) is 0 Å². The lowest BCUT2D eigenvalue weighted by atomic mass is 10.1. The van der Waals surface area contributed by atoms with Gasteiger partial charge in [0.15, 0.2) is 23.9 Å². The minimum atomic E-state index is -0.160. The minimum absolute atomic E-state index is 0.0996. The standard InChI is InChI=1S/C17H14Cl2O4/c18-13-4-3-12(9-14(13)19)23-10-15(20)11-2-5-16-17(8-11)22-7-1-6-21-16/h2-5,8-9H,1,6-7,10H2. The van der Waals surface area contributed by atoms with Crippen molar-refractivity contribution in [2.75, 3.05) is 19.8 Å². The van der Waals surface area contributed by atoms with E-state index >= 15 is 0 Å².